The first-order valence-electron chi connectivity index (χ1n) is 11.6. The van der Waals surface area contributed by atoms with Crippen molar-refractivity contribution < 1.29 is 32.4 Å². The molecule has 0 saturated carbocycles. The van der Waals surface area contributed by atoms with Gasteiger partial charge < -0.3 is 19.7 Å². The van der Waals surface area contributed by atoms with Crippen LogP contribution in [0.5, 0.6) is 11.5 Å². The minimum Gasteiger partial charge on any atom is -0.497 e. The zero-order chi connectivity index (χ0) is 28.8. The summed E-state index contributed by atoms with van der Waals surface area (Å²) in [5.74, 6) is -0.580. The Balaban J connectivity index is 2.54. The van der Waals surface area contributed by atoms with E-state index in [2.05, 4.69) is 5.32 Å². The fourth-order valence-corrected chi connectivity index (χ4v) is 4.45. The van der Waals surface area contributed by atoms with E-state index in [4.69, 9.17) is 9.47 Å². The third-order valence-corrected chi connectivity index (χ3v) is 6.60. The maximum atomic E-state index is 13.7. The average molecular weight is 551 g/mol. The van der Waals surface area contributed by atoms with Gasteiger partial charge in [0.25, 0.3) is 5.69 Å². The molecule has 1 unspecified atom stereocenters. The fraction of sp³-hybridized carbons (Fsp3) is 0.440. The monoisotopic (exact) mass is 550 g/mol. The average Bonchev–Trinajstić information content (AvgIpc) is 2.83. The number of rotatable bonds is 11. The Hall–Kier alpha value is -3.87. The van der Waals surface area contributed by atoms with Crippen LogP contribution in [0.2, 0.25) is 0 Å². The Labute approximate surface area is 222 Å². The van der Waals surface area contributed by atoms with Gasteiger partial charge in [-0.2, -0.15) is 0 Å². The lowest BCUT2D eigenvalue weighted by Crippen LogP contribution is -2.54. The number of hydrogen-bond acceptors (Lipinski definition) is 8. The molecule has 2 rings (SSSR count). The van der Waals surface area contributed by atoms with Gasteiger partial charge in [-0.25, -0.2) is 8.42 Å². The largest absolute Gasteiger partial charge is 0.497 e. The Morgan fingerprint density at radius 1 is 1.11 bits per heavy atom. The first-order valence-corrected chi connectivity index (χ1v) is 13.5. The van der Waals surface area contributed by atoms with E-state index in [9.17, 15) is 28.1 Å². The van der Waals surface area contributed by atoms with Crippen molar-refractivity contribution in [3.8, 4) is 11.5 Å². The summed E-state index contributed by atoms with van der Waals surface area (Å²) in [7, 11) is -1.34. The quantitative estimate of drug-likeness (QED) is 0.332. The standard InChI is InChI=1S/C25H34N4O8S/c1-17(24(31)26-25(2,3)4)27(15-18-9-8-10-20(13-18)36-5)23(30)16-28(38(7,34)35)21-14-19(29(32)33)11-12-22(21)37-6/h8-14,17H,15-16H2,1-7H3,(H,26,31). The Morgan fingerprint density at radius 2 is 1.76 bits per heavy atom. The number of methoxy groups -OCH3 is 2. The molecule has 0 fully saturated rings. The van der Waals surface area contributed by atoms with Gasteiger partial charge in [-0.3, -0.25) is 24.0 Å². The molecule has 12 nitrogen and oxygen atoms in total. The number of sulfonamides is 1. The lowest BCUT2D eigenvalue weighted by atomic mass is 10.1. The van der Waals surface area contributed by atoms with Gasteiger partial charge in [-0.1, -0.05) is 12.1 Å². The van der Waals surface area contributed by atoms with Crippen LogP contribution >= 0.6 is 0 Å². The third-order valence-electron chi connectivity index (χ3n) is 5.47. The molecule has 2 amide bonds. The van der Waals surface area contributed by atoms with Crippen LogP contribution in [0.25, 0.3) is 0 Å². The molecule has 0 spiro atoms. The molecule has 2 aromatic rings. The summed E-state index contributed by atoms with van der Waals surface area (Å²) in [6, 6.07) is 9.36. The molecule has 0 radical (unpaired) electrons. The lowest BCUT2D eigenvalue weighted by Gasteiger charge is -2.33. The normalized spacial score (nSPS) is 12.3. The number of nitrogens with one attached hydrogen (secondary N) is 1. The van der Waals surface area contributed by atoms with Crippen molar-refractivity contribution in [2.75, 3.05) is 31.3 Å². The molecule has 0 aliphatic carbocycles. The summed E-state index contributed by atoms with van der Waals surface area (Å²) < 4.78 is 36.8. The van der Waals surface area contributed by atoms with Crippen LogP contribution in [0.4, 0.5) is 11.4 Å². The molecule has 0 saturated heterocycles. The maximum Gasteiger partial charge on any atom is 0.271 e. The molecule has 2 aromatic carbocycles. The second-order valence-corrected chi connectivity index (χ2v) is 11.6. The molecule has 0 bridgehead atoms. The number of benzene rings is 2. The Morgan fingerprint density at radius 3 is 2.29 bits per heavy atom. The number of ether oxygens (including phenoxy) is 2. The maximum absolute atomic E-state index is 13.7. The Kier molecular flexibility index (Phi) is 9.68. The molecular formula is C25H34N4O8S. The van der Waals surface area contributed by atoms with Crippen LogP contribution in [0.1, 0.15) is 33.3 Å². The summed E-state index contributed by atoms with van der Waals surface area (Å²) in [4.78, 5) is 38.7. The lowest BCUT2D eigenvalue weighted by molar-refractivity contribution is -0.384. The van der Waals surface area contributed by atoms with Gasteiger partial charge in [0, 0.05) is 24.2 Å². The number of non-ortho nitro benzene ring substituents is 1. The highest BCUT2D eigenvalue weighted by atomic mass is 32.2. The molecular weight excluding hydrogens is 516 g/mol. The van der Waals surface area contributed by atoms with Crippen molar-refractivity contribution in [1.82, 2.24) is 10.2 Å². The van der Waals surface area contributed by atoms with Gasteiger partial charge >= 0.3 is 0 Å². The van der Waals surface area contributed by atoms with E-state index >= 15 is 0 Å². The predicted molar refractivity (Wildman–Crippen MR) is 143 cm³/mol. The molecule has 1 atom stereocenters. The molecule has 0 aliphatic heterocycles. The zero-order valence-electron chi connectivity index (χ0n) is 22.5. The van der Waals surface area contributed by atoms with Crippen LogP contribution in [0.3, 0.4) is 0 Å². The highest BCUT2D eigenvalue weighted by molar-refractivity contribution is 7.92. The number of nitrogens with zero attached hydrogens (tertiary/aromatic N) is 3. The van der Waals surface area contributed by atoms with Crippen molar-refractivity contribution in [3.05, 3.63) is 58.1 Å². The number of nitro groups is 1. The van der Waals surface area contributed by atoms with Crippen molar-refractivity contribution in [2.24, 2.45) is 0 Å². The summed E-state index contributed by atoms with van der Waals surface area (Å²) in [6.45, 7) is 6.17. The number of amides is 2. The molecule has 1 N–H and O–H groups in total. The number of hydrogen-bond donors (Lipinski definition) is 1. The van der Waals surface area contributed by atoms with Gasteiger partial charge in [0.1, 0.15) is 29.8 Å². The number of nitro benzene ring substituents is 1. The zero-order valence-corrected chi connectivity index (χ0v) is 23.4. The smallest absolute Gasteiger partial charge is 0.271 e. The summed E-state index contributed by atoms with van der Waals surface area (Å²) in [5, 5.41) is 14.2. The summed E-state index contributed by atoms with van der Waals surface area (Å²) in [6.07, 6.45) is 0.876. The van der Waals surface area contributed by atoms with Crippen molar-refractivity contribution in [1.29, 1.82) is 0 Å². The first-order chi connectivity index (χ1) is 17.6. The predicted octanol–water partition coefficient (Wildman–Crippen LogP) is 2.71. The van der Waals surface area contributed by atoms with E-state index in [1.165, 1.54) is 38.2 Å². The van der Waals surface area contributed by atoms with Gasteiger partial charge in [-0.05, 0) is 51.5 Å². The van der Waals surface area contributed by atoms with E-state index in [1.54, 1.807) is 45.0 Å². The topological polar surface area (TPSA) is 148 Å². The molecule has 13 heteroatoms. The molecule has 0 heterocycles. The van der Waals surface area contributed by atoms with Crippen LogP contribution in [-0.2, 0) is 26.2 Å². The van der Waals surface area contributed by atoms with Crippen LogP contribution in [0, 0.1) is 10.1 Å². The van der Waals surface area contributed by atoms with Crippen molar-refractivity contribution in [3.63, 3.8) is 0 Å². The van der Waals surface area contributed by atoms with E-state index in [0.29, 0.717) is 11.3 Å². The van der Waals surface area contributed by atoms with Crippen molar-refractivity contribution in [2.45, 2.75) is 45.8 Å². The minimum atomic E-state index is -4.12. The van der Waals surface area contributed by atoms with Gasteiger partial charge in [-0.15, -0.1) is 0 Å². The van der Waals surface area contributed by atoms with Crippen molar-refractivity contribution >= 4 is 33.2 Å². The molecule has 38 heavy (non-hydrogen) atoms. The minimum absolute atomic E-state index is 0.0201. The van der Waals surface area contributed by atoms with Crippen LogP contribution in [0.15, 0.2) is 42.5 Å². The Bertz CT molecular complexity index is 1290. The number of carbonyl (C=O) groups excluding carboxylic acids is 2. The van der Waals surface area contributed by atoms with E-state index in [-0.39, 0.29) is 23.7 Å². The molecule has 0 aliphatic rings. The third kappa shape index (κ3) is 8.07. The highest BCUT2D eigenvalue weighted by Crippen LogP contribution is 2.34. The highest BCUT2D eigenvalue weighted by Gasteiger charge is 2.33. The number of anilines is 1. The molecule has 208 valence electrons. The molecule has 0 aromatic heterocycles. The number of carbonyl (C=O) groups is 2. The second kappa shape index (κ2) is 12.1. The summed E-state index contributed by atoms with van der Waals surface area (Å²) in [5.41, 5.74) is -0.490. The SMILES string of the molecule is COc1cccc(CN(C(=O)CN(c2cc([N+](=O)[O-])ccc2OC)S(C)(=O)=O)C(C)C(=O)NC(C)(C)C)c1. The van der Waals surface area contributed by atoms with Gasteiger partial charge in [0.05, 0.1) is 25.4 Å². The van der Waals surface area contributed by atoms with Gasteiger partial charge in [0.2, 0.25) is 21.8 Å². The fourth-order valence-electron chi connectivity index (χ4n) is 3.61. The van der Waals surface area contributed by atoms with Crippen LogP contribution in [-0.4, -0.2) is 68.7 Å². The van der Waals surface area contributed by atoms with E-state index in [0.717, 1.165) is 16.6 Å². The van der Waals surface area contributed by atoms with Gasteiger partial charge in [0.15, 0.2) is 0 Å². The summed E-state index contributed by atoms with van der Waals surface area (Å²) >= 11 is 0. The first kappa shape index (κ1) is 30.4. The van der Waals surface area contributed by atoms with Crippen LogP contribution < -0.4 is 19.1 Å². The van der Waals surface area contributed by atoms with E-state index in [1.807, 2.05) is 0 Å². The second-order valence-electron chi connectivity index (χ2n) is 9.67. The van der Waals surface area contributed by atoms with E-state index < -0.39 is 44.9 Å².